The molecule has 0 saturated heterocycles. The Morgan fingerprint density at radius 3 is 2.07 bits per heavy atom. The topological polar surface area (TPSA) is 86.2 Å². The van der Waals surface area contributed by atoms with Crippen molar-refractivity contribution < 1.29 is 9.53 Å². The van der Waals surface area contributed by atoms with E-state index in [1.54, 1.807) is 31.4 Å². The molecule has 29 heavy (non-hydrogen) atoms. The third-order valence-electron chi connectivity index (χ3n) is 4.04. The molecular weight excluding hydrogens is 364 g/mol. The van der Waals surface area contributed by atoms with Crippen molar-refractivity contribution >= 4 is 28.7 Å². The van der Waals surface area contributed by atoms with Crippen molar-refractivity contribution in [1.29, 1.82) is 5.26 Å². The van der Waals surface area contributed by atoms with Crippen LogP contribution in [-0.4, -0.2) is 13.0 Å². The first kappa shape index (κ1) is 19.5. The highest BCUT2D eigenvalue weighted by Crippen LogP contribution is 2.19. The highest BCUT2D eigenvalue weighted by Gasteiger charge is 2.09. The van der Waals surface area contributed by atoms with Crippen LogP contribution in [0.1, 0.15) is 0 Å². The Hall–Kier alpha value is -4.24. The van der Waals surface area contributed by atoms with Gasteiger partial charge in [0.15, 0.2) is 0 Å². The molecule has 0 aromatic heterocycles. The van der Waals surface area contributed by atoms with Crippen molar-refractivity contribution in [2.45, 2.75) is 0 Å². The summed E-state index contributed by atoms with van der Waals surface area (Å²) in [5.41, 5.74) is 3.23. The van der Waals surface area contributed by atoms with Gasteiger partial charge in [-0.2, -0.15) is 5.26 Å². The zero-order chi connectivity index (χ0) is 20.5. The third-order valence-corrected chi connectivity index (χ3v) is 4.04. The molecule has 0 spiro atoms. The number of hydrogen-bond acceptors (Lipinski definition) is 5. The molecule has 3 rings (SSSR count). The van der Waals surface area contributed by atoms with Gasteiger partial charge in [0.2, 0.25) is 0 Å². The molecule has 6 heteroatoms. The summed E-state index contributed by atoms with van der Waals surface area (Å²) < 4.78 is 5.08. The fraction of sp³-hybridized carbons (Fsp3) is 0.0435. The van der Waals surface area contributed by atoms with Gasteiger partial charge in [0.05, 0.1) is 7.11 Å². The number of ether oxygens (including phenoxy) is 1. The standard InChI is InChI=1S/C23H20N4O2/c1-29-22-13-11-21(12-14-22)27-23(28)17(15-24)16-25-18-7-9-20(10-8-18)26-19-5-3-2-4-6-19/h2-14,16,25-26H,1H3,(H,27,28)/b17-16-. The Morgan fingerprint density at radius 2 is 1.45 bits per heavy atom. The number of nitrogens with one attached hydrogen (secondary N) is 3. The molecule has 0 aliphatic rings. The van der Waals surface area contributed by atoms with E-state index >= 15 is 0 Å². The summed E-state index contributed by atoms with van der Waals surface area (Å²) in [6, 6.07) is 26.2. The smallest absolute Gasteiger partial charge is 0.267 e. The van der Waals surface area contributed by atoms with E-state index in [9.17, 15) is 10.1 Å². The molecule has 0 radical (unpaired) electrons. The molecule has 3 aromatic rings. The lowest BCUT2D eigenvalue weighted by Gasteiger charge is -2.08. The molecule has 3 aromatic carbocycles. The molecule has 0 saturated carbocycles. The van der Waals surface area contributed by atoms with E-state index in [1.807, 2.05) is 60.7 Å². The average molecular weight is 384 g/mol. The van der Waals surface area contributed by atoms with Gasteiger partial charge in [-0.3, -0.25) is 4.79 Å². The molecule has 0 fully saturated rings. The van der Waals surface area contributed by atoms with Crippen LogP contribution < -0.4 is 20.7 Å². The van der Waals surface area contributed by atoms with Gasteiger partial charge in [0.25, 0.3) is 5.91 Å². The number of amides is 1. The molecule has 0 unspecified atom stereocenters. The van der Waals surface area contributed by atoms with Gasteiger partial charge in [-0.25, -0.2) is 0 Å². The minimum atomic E-state index is -0.493. The van der Waals surface area contributed by atoms with Gasteiger partial charge in [-0.15, -0.1) is 0 Å². The zero-order valence-corrected chi connectivity index (χ0v) is 15.8. The second-order valence-electron chi connectivity index (χ2n) is 6.07. The van der Waals surface area contributed by atoms with E-state index < -0.39 is 5.91 Å². The molecule has 144 valence electrons. The van der Waals surface area contributed by atoms with E-state index in [4.69, 9.17) is 4.74 Å². The fourth-order valence-electron chi connectivity index (χ4n) is 2.51. The van der Waals surface area contributed by atoms with E-state index in [-0.39, 0.29) is 5.57 Å². The first-order valence-corrected chi connectivity index (χ1v) is 8.92. The van der Waals surface area contributed by atoms with Gasteiger partial charge in [0.1, 0.15) is 17.4 Å². The minimum absolute atomic E-state index is 0.0349. The first-order valence-electron chi connectivity index (χ1n) is 8.92. The molecule has 3 N–H and O–H groups in total. The predicted molar refractivity (Wildman–Crippen MR) is 115 cm³/mol. The molecule has 0 aliphatic heterocycles. The Morgan fingerprint density at radius 1 is 0.862 bits per heavy atom. The van der Waals surface area contributed by atoms with Crippen molar-refractivity contribution in [3.63, 3.8) is 0 Å². The van der Waals surface area contributed by atoms with Crippen molar-refractivity contribution in [2.75, 3.05) is 23.1 Å². The summed E-state index contributed by atoms with van der Waals surface area (Å²) in [6.07, 6.45) is 1.39. The van der Waals surface area contributed by atoms with Gasteiger partial charge >= 0.3 is 0 Å². The minimum Gasteiger partial charge on any atom is -0.497 e. The summed E-state index contributed by atoms with van der Waals surface area (Å²) in [7, 11) is 1.57. The third kappa shape index (κ3) is 5.62. The van der Waals surface area contributed by atoms with Gasteiger partial charge < -0.3 is 20.7 Å². The summed E-state index contributed by atoms with van der Waals surface area (Å²) in [6.45, 7) is 0. The number of nitrogens with zero attached hydrogens (tertiary/aromatic N) is 1. The van der Waals surface area contributed by atoms with E-state index in [0.717, 1.165) is 17.1 Å². The van der Waals surface area contributed by atoms with Crippen molar-refractivity contribution in [2.24, 2.45) is 0 Å². The number of carbonyl (C=O) groups excluding carboxylic acids is 1. The van der Waals surface area contributed by atoms with Crippen LogP contribution >= 0.6 is 0 Å². The van der Waals surface area contributed by atoms with Crippen molar-refractivity contribution in [3.05, 3.63) is 90.6 Å². The normalized spacial score (nSPS) is 10.6. The Balaban J connectivity index is 1.60. The number of nitriles is 1. The number of para-hydroxylation sites is 1. The van der Waals surface area contributed by atoms with Crippen LogP contribution in [-0.2, 0) is 4.79 Å². The summed E-state index contributed by atoms with van der Waals surface area (Å²) in [4.78, 5) is 12.3. The quantitative estimate of drug-likeness (QED) is 0.399. The second-order valence-corrected chi connectivity index (χ2v) is 6.07. The maximum absolute atomic E-state index is 12.3. The SMILES string of the molecule is COc1ccc(NC(=O)/C(C#N)=C\Nc2ccc(Nc3ccccc3)cc2)cc1. The number of anilines is 4. The molecular formula is C23H20N4O2. The highest BCUT2D eigenvalue weighted by molar-refractivity contribution is 6.06. The molecule has 0 bridgehead atoms. The zero-order valence-electron chi connectivity index (χ0n) is 15.8. The van der Waals surface area contributed by atoms with Crippen LogP contribution in [0.2, 0.25) is 0 Å². The monoisotopic (exact) mass is 384 g/mol. The van der Waals surface area contributed by atoms with Crippen LogP contribution in [0.4, 0.5) is 22.7 Å². The summed E-state index contributed by atoms with van der Waals surface area (Å²) >= 11 is 0. The summed E-state index contributed by atoms with van der Waals surface area (Å²) in [5, 5.41) is 18.2. The fourth-order valence-corrected chi connectivity index (χ4v) is 2.51. The largest absolute Gasteiger partial charge is 0.497 e. The second kappa shape index (κ2) is 9.62. The molecule has 1 amide bonds. The van der Waals surface area contributed by atoms with Gasteiger partial charge in [-0.1, -0.05) is 18.2 Å². The highest BCUT2D eigenvalue weighted by atomic mass is 16.5. The maximum Gasteiger partial charge on any atom is 0.267 e. The van der Waals surface area contributed by atoms with E-state index in [0.29, 0.717) is 11.4 Å². The number of hydrogen-bond donors (Lipinski definition) is 3. The van der Waals surface area contributed by atoms with E-state index in [2.05, 4.69) is 16.0 Å². The van der Waals surface area contributed by atoms with Crippen LogP contribution in [0.5, 0.6) is 5.75 Å². The Bertz CT molecular complexity index is 1020. The predicted octanol–water partition coefficient (Wildman–Crippen LogP) is 4.90. The Labute approximate surface area is 169 Å². The van der Waals surface area contributed by atoms with Gasteiger partial charge in [0, 0.05) is 28.9 Å². The number of rotatable bonds is 7. The lowest BCUT2D eigenvalue weighted by atomic mass is 10.2. The van der Waals surface area contributed by atoms with Crippen molar-refractivity contribution in [3.8, 4) is 11.8 Å². The lowest BCUT2D eigenvalue weighted by Crippen LogP contribution is -2.14. The molecule has 0 aliphatic carbocycles. The lowest BCUT2D eigenvalue weighted by molar-refractivity contribution is -0.112. The number of methoxy groups -OCH3 is 1. The maximum atomic E-state index is 12.3. The van der Waals surface area contributed by atoms with Crippen LogP contribution in [0.15, 0.2) is 90.6 Å². The van der Waals surface area contributed by atoms with Crippen molar-refractivity contribution in [1.82, 2.24) is 0 Å². The first-order chi connectivity index (χ1) is 14.2. The summed E-state index contributed by atoms with van der Waals surface area (Å²) in [5.74, 6) is 0.193. The number of carbonyl (C=O) groups is 1. The van der Waals surface area contributed by atoms with Crippen LogP contribution in [0.3, 0.4) is 0 Å². The number of benzene rings is 3. The Kier molecular flexibility index (Phi) is 6.48. The van der Waals surface area contributed by atoms with Crippen LogP contribution in [0, 0.1) is 11.3 Å². The molecule has 0 heterocycles. The van der Waals surface area contributed by atoms with Gasteiger partial charge in [-0.05, 0) is 60.7 Å². The van der Waals surface area contributed by atoms with E-state index in [1.165, 1.54) is 6.20 Å². The molecule has 6 nitrogen and oxygen atoms in total. The van der Waals surface area contributed by atoms with Crippen LogP contribution in [0.25, 0.3) is 0 Å². The molecule has 0 atom stereocenters. The average Bonchev–Trinajstić information content (AvgIpc) is 2.76.